The molecular weight excluding hydrogens is 496 g/mol. The van der Waals surface area contributed by atoms with Crippen molar-refractivity contribution in [3.8, 4) is 0 Å². The predicted octanol–water partition coefficient (Wildman–Crippen LogP) is 3.72. The lowest BCUT2D eigenvalue weighted by Crippen LogP contribution is -2.45. The number of amides is 3. The van der Waals surface area contributed by atoms with Gasteiger partial charge in [0.2, 0.25) is 23.7 Å². The number of benzene rings is 2. The molecule has 4 N–H and O–H groups in total. The second kappa shape index (κ2) is 11.6. The summed E-state index contributed by atoms with van der Waals surface area (Å²) in [4.78, 5) is 46.2. The Hall–Kier alpha value is -4.34. The molecule has 204 valence electrons. The van der Waals surface area contributed by atoms with Crippen molar-refractivity contribution >= 4 is 46.0 Å². The smallest absolute Gasteiger partial charge is 0.248 e. The zero-order valence-corrected chi connectivity index (χ0v) is 22.1. The SMILES string of the molecule is Cc1cc2cc(NC(=N[C@H]3CCCCN(CC(=O)N4CCCC4)C3=O)Nc3ccc(C(N)=O)cc3)ccc2o1. The Morgan fingerprint density at radius 2 is 1.67 bits per heavy atom. The number of furan rings is 1. The number of guanidine groups is 1. The quantitative estimate of drug-likeness (QED) is 0.329. The minimum absolute atomic E-state index is 0.000187. The van der Waals surface area contributed by atoms with Gasteiger partial charge in [-0.1, -0.05) is 0 Å². The number of carbonyl (C=O) groups is 3. The molecule has 3 aromatic rings. The number of likely N-dealkylation sites (tertiary alicyclic amines) is 2. The summed E-state index contributed by atoms with van der Waals surface area (Å²) in [6, 6.07) is 13.8. The van der Waals surface area contributed by atoms with E-state index in [0.29, 0.717) is 30.2 Å². The number of aryl methyl sites for hydroxylation is 1. The van der Waals surface area contributed by atoms with E-state index < -0.39 is 11.9 Å². The molecule has 10 nitrogen and oxygen atoms in total. The second-order valence-corrected chi connectivity index (χ2v) is 10.1. The van der Waals surface area contributed by atoms with Crippen LogP contribution < -0.4 is 16.4 Å². The highest BCUT2D eigenvalue weighted by molar-refractivity contribution is 6.06. The van der Waals surface area contributed by atoms with E-state index in [1.54, 1.807) is 29.2 Å². The fraction of sp³-hybridized carbons (Fsp3) is 0.379. The van der Waals surface area contributed by atoms with Gasteiger partial charge in [-0.25, -0.2) is 4.99 Å². The minimum Gasteiger partial charge on any atom is -0.461 e. The third kappa shape index (κ3) is 6.39. The van der Waals surface area contributed by atoms with E-state index in [-0.39, 0.29) is 18.4 Å². The number of carbonyl (C=O) groups excluding carboxylic acids is 3. The first-order valence-corrected chi connectivity index (χ1v) is 13.4. The van der Waals surface area contributed by atoms with Crippen LogP contribution in [0.25, 0.3) is 11.0 Å². The molecule has 1 atom stereocenters. The largest absolute Gasteiger partial charge is 0.461 e. The molecule has 3 heterocycles. The summed E-state index contributed by atoms with van der Waals surface area (Å²) in [5.41, 5.74) is 8.00. The van der Waals surface area contributed by atoms with Crippen molar-refractivity contribution in [2.45, 2.75) is 45.1 Å². The first-order chi connectivity index (χ1) is 18.9. The normalized spacial score (nSPS) is 18.3. The molecule has 2 aromatic carbocycles. The van der Waals surface area contributed by atoms with Crippen LogP contribution in [0.15, 0.2) is 57.9 Å². The van der Waals surface area contributed by atoms with Crippen molar-refractivity contribution in [2.75, 3.05) is 36.8 Å². The van der Waals surface area contributed by atoms with E-state index >= 15 is 0 Å². The van der Waals surface area contributed by atoms with Crippen LogP contribution in [-0.2, 0) is 9.59 Å². The maximum atomic E-state index is 13.6. The highest BCUT2D eigenvalue weighted by atomic mass is 16.3. The van der Waals surface area contributed by atoms with Gasteiger partial charge in [-0.2, -0.15) is 0 Å². The van der Waals surface area contributed by atoms with Crippen molar-refractivity contribution in [1.82, 2.24) is 9.80 Å². The molecule has 10 heteroatoms. The van der Waals surface area contributed by atoms with Crippen LogP contribution in [0.3, 0.4) is 0 Å². The Labute approximate surface area is 227 Å². The molecule has 5 rings (SSSR count). The van der Waals surface area contributed by atoms with Crippen LogP contribution in [0.1, 0.15) is 48.2 Å². The van der Waals surface area contributed by atoms with Gasteiger partial charge in [0.15, 0.2) is 0 Å². The zero-order chi connectivity index (χ0) is 27.4. The molecule has 3 amide bonds. The van der Waals surface area contributed by atoms with Crippen molar-refractivity contribution in [3.63, 3.8) is 0 Å². The highest BCUT2D eigenvalue weighted by Gasteiger charge is 2.30. The van der Waals surface area contributed by atoms with Gasteiger partial charge in [0.05, 0.1) is 6.54 Å². The monoisotopic (exact) mass is 530 g/mol. The molecule has 0 bridgehead atoms. The number of nitrogens with one attached hydrogen (secondary N) is 2. The molecule has 2 aliphatic rings. The molecule has 0 aliphatic carbocycles. The van der Waals surface area contributed by atoms with Gasteiger partial charge >= 0.3 is 0 Å². The van der Waals surface area contributed by atoms with Crippen molar-refractivity contribution in [1.29, 1.82) is 0 Å². The standard InChI is InChI=1S/C29H34N6O4/c1-19-16-21-17-23(11-12-25(21)39-19)32-29(31-22-9-7-20(8-10-22)27(30)37)33-24-6-2-3-15-35(28(24)38)18-26(36)34-13-4-5-14-34/h7-12,16-17,24H,2-6,13-15,18H2,1H3,(H2,30,37)(H2,31,32,33)/t24-/m0/s1. The minimum atomic E-state index is -0.640. The van der Waals surface area contributed by atoms with E-state index in [4.69, 9.17) is 15.1 Å². The van der Waals surface area contributed by atoms with Crippen LogP contribution in [-0.4, -0.2) is 65.7 Å². The Morgan fingerprint density at radius 1 is 0.974 bits per heavy atom. The lowest BCUT2D eigenvalue weighted by Gasteiger charge is -2.25. The van der Waals surface area contributed by atoms with E-state index in [2.05, 4.69) is 10.6 Å². The van der Waals surface area contributed by atoms with Crippen LogP contribution in [0, 0.1) is 6.92 Å². The van der Waals surface area contributed by atoms with Gasteiger partial charge in [-0.05, 0) is 87.6 Å². The number of nitrogens with zero attached hydrogens (tertiary/aromatic N) is 3. The summed E-state index contributed by atoms with van der Waals surface area (Å²) in [5, 5.41) is 7.51. The average molecular weight is 531 g/mol. The summed E-state index contributed by atoms with van der Waals surface area (Å²) in [7, 11) is 0. The maximum Gasteiger partial charge on any atom is 0.248 e. The molecule has 0 radical (unpaired) electrons. The molecular formula is C29H34N6O4. The Balaban J connectivity index is 1.40. The van der Waals surface area contributed by atoms with Gasteiger partial charge < -0.3 is 30.6 Å². The number of primary amides is 1. The topological polar surface area (TPSA) is 133 Å². The summed E-state index contributed by atoms with van der Waals surface area (Å²) in [5.74, 6) is 0.542. The fourth-order valence-corrected chi connectivity index (χ4v) is 5.09. The number of fused-ring (bicyclic) bond motifs is 1. The summed E-state index contributed by atoms with van der Waals surface area (Å²) in [6.07, 6.45) is 4.26. The number of aliphatic imine (C=N–C) groups is 1. The Kier molecular flexibility index (Phi) is 7.81. The van der Waals surface area contributed by atoms with Gasteiger partial charge in [0.1, 0.15) is 17.4 Å². The lowest BCUT2D eigenvalue weighted by atomic mass is 10.1. The molecule has 39 heavy (non-hydrogen) atoms. The van der Waals surface area contributed by atoms with E-state index in [0.717, 1.165) is 61.2 Å². The molecule has 2 saturated heterocycles. The van der Waals surface area contributed by atoms with Crippen LogP contribution >= 0.6 is 0 Å². The average Bonchev–Trinajstić information content (AvgIpc) is 3.55. The van der Waals surface area contributed by atoms with Crippen molar-refractivity contribution in [3.05, 3.63) is 59.9 Å². The van der Waals surface area contributed by atoms with Gasteiger partial charge in [0, 0.05) is 42.0 Å². The lowest BCUT2D eigenvalue weighted by molar-refractivity contribution is -0.140. The molecule has 0 saturated carbocycles. The first kappa shape index (κ1) is 26.3. The first-order valence-electron chi connectivity index (χ1n) is 13.4. The van der Waals surface area contributed by atoms with Crippen LogP contribution in [0.2, 0.25) is 0 Å². The number of hydrogen-bond acceptors (Lipinski definition) is 5. The second-order valence-electron chi connectivity index (χ2n) is 10.1. The third-order valence-corrected chi connectivity index (χ3v) is 7.16. The molecule has 2 aliphatic heterocycles. The third-order valence-electron chi connectivity index (χ3n) is 7.16. The Morgan fingerprint density at radius 3 is 2.41 bits per heavy atom. The summed E-state index contributed by atoms with van der Waals surface area (Å²) >= 11 is 0. The van der Waals surface area contributed by atoms with Crippen LogP contribution in [0.4, 0.5) is 11.4 Å². The van der Waals surface area contributed by atoms with Gasteiger partial charge in [0.25, 0.3) is 0 Å². The van der Waals surface area contributed by atoms with E-state index in [1.165, 1.54) is 0 Å². The number of nitrogens with two attached hydrogens (primary N) is 1. The molecule has 1 aromatic heterocycles. The zero-order valence-electron chi connectivity index (χ0n) is 22.1. The number of anilines is 2. The van der Waals surface area contributed by atoms with Crippen molar-refractivity contribution < 1.29 is 18.8 Å². The summed E-state index contributed by atoms with van der Waals surface area (Å²) in [6.45, 7) is 4.05. The number of rotatable bonds is 6. The summed E-state index contributed by atoms with van der Waals surface area (Å²) < 4.78 is 5.69. The fourth-order valence-electron chi connectivity index (χ4n) is 5.09. The molecule has 0 spiro atoms. The molecule has 0 unspecified atom stereocenters. The van der Waals surface area contributed by atoms with Crippen LogP contribution in [0.5, 0.6) is 0 Å². The van der Waals surface area contributed by atoms with Crippen molar-refractivity contribution in [2.24, 2.45) is 10.7 Å². The highest BCUT2D eigenvalue weighted by Crippen LogP contribution is 2.24. The van der Waals surface area contributed by atoms with Gasteiger partial charge in [-0.15, -0.1) is 0 Å². The number of hydrogen-bond donors (Lipinski definition) is 3. The molecule has 2 fully saturated rings. The van der Waals surface area contributed by atoms with E-state index in [9.17, 15) is 14.4 Å². The predicted molar refractivity (Wildman–Crippen MR) is 151 cm³/mol. The van der Waals surface area contributed by atoms with E-state index in [1.807, 2.05) is 36.1 Å². The Bertz CT molecular complexity index is 1390. The maximum absolute atomic E-state index is 13.6. The van der Waals surface area contributed by atoms with Gasteiger partial charge in [-0.3, -0.25) is 14.4 Å².